The van der Waals surface area contributed by atoms with Crippen LogP contribution in [0.15, 0.2) is 53.7 Å². The Morgan fingerprint density at radius 1 is 1.11 bits per heavy atom. The van der Waals surface area contributed by atoms with Gasteiger partial charge in [-0.25, -0.2) is 4.99 Å². The number of rotatable bonds is 7. The molecule has 0 amide bonds. The van der Waals surface area contributed by atoms with Gasteiger partial charge in [-0.3, -0.25) is 4.40 Å². The summed E-state index contributed by atoms with van der Waals surface area (Å²) < 4.78 is 7.74. The van der Waals surface area contributed by atoms with E-state index in [1.165, 1.54) is 0 Å². The largest absolute Gasteiger partial charge is 0.491 e. The van der Waals surface area contributed by atoms with Crippen molar-refractivity contribution in [3.63, 3.8) is 0 Å². The lowest BCUT2D eigenvalue weighted by Gasteiger charge is -2.12. The topological polar surface area (TPSA) is 75.8 Å². The minimum absolute atomic E-state index is 0. The maximum atomic E-state index is 5.80. The number of aromatic nitrogens is 3. The van der Waals surface area contributed by atoms with Crippen LogP contribution >= 0.6 is 24.0 Å². The van der Waals surface area contributed by atoms with Crippen LogP contribution in [-0.4, -0.2) is 40.3 Å². The summed E-state index contributed by atoms with van der Waals surface area (Å²) in [7, 11) is 0. The monoisotopic (exact) mass is 480 g/mol. The van der Waals surface area contributed by atoms with Crippen LogP contribution in [0.1, 0.15) is 18.3 Å². The second kappa shape index (κ2) is 10.7. The molecule has 0 spiro atoms. The minimum atomic E-state index is 0. The molecule has 2 heterocycles. The average molecular weight is 480 g/mol. The summed E-state index contributed by atoms with van der Waals surface area (Å²) in [5, 5.41) is 14.8. The molecular weight excluding hydrogens is 455 g/mol. The van der Waals surface area contributed by atoms with Crippen molar-refractivity contribution in [1.29, 1.82) is 0 Å². The first-order chi connectivity index (χ1) is 12.8. The van der Waals surface area contributed by atoms with Gasteiger partial charge in [0, 0.05) is 12.7 Å². The minimum Gasteiger partial charge on any atom is -0.491 e. The van der Waals surface area contributed by atoms with Gasteiger partial charge in [-0.15, -0.1) is 34.2 Å². The molecule has 144 valence electrons. The number of benzene rings is 1. The molecule has 2 aromatic heterocycles. The maximum Gasteiger partial charge on any atom is 0.191 e. The summed E-state index contributed by atoms with van der Waals surface area (Å²) in [6.45, 7) is 6.51. The Morgan fingerprint density at radius 3 is 2.74 bits per heavy atom. The number of aryl methyl sites for hydroxylation is 1. The number of nitrogens with one attached hydrogen (secondary N) is 2. The number of para-hydroxylation sites is 1. The van der Waals surface area contributed by atoms with E-state index in [1.54, 1.807) is 0 Å². The van der Waals surface area contributed by atoms with Gasteiger partial charge in [-0.1, -0.05) is 24.3 Å². The number of pyridine rings is 1. The van der Waals surface area contributed by atoms with Crippen LogP contribution in [0.3, 0.4) is 0 Å². The van der Waals surface area contributed by atoms with Crippen molar-refractivity contribution in [2.75, 3.05) is 19.7 Å². The first kappa shape index (κ1) is 20.9. The molecule has 0 aliphatic carbocycles. The van der Waals surface area contributed by atoms with E-state index >= 15 is 0 Å². The van der Waals surface area contributed by atoms with Crippen molar-refractivity contribution >= 4 is 35.6 Å². The van der Waals surface area contributed by atoms with Gasteiger partial charge in [0.2, 0.25) is 0 Å². The molecule has 0 aliphatic rings. The van der Waals surface area contributed by atoms with Gasteiger partial charge in [-0.05, 0) is 37.6 Å². The molecule has 3 aromatic rings. The molecule has 0 saturated heterocycles. The Balaban J connectivity index is 0.00000261. The normalized spacial score (nSPS) is 11.1. The van der Waals surface area contributed by atoms with Gasteiger partial charge in [0.05, 0.1) is 6.54 Å². The first-order valence-electron chi connectivity index (χ1n) is 8.77. The summed E-state index contributed by atoms with van der Waals surface area (Å²) in [6, 6.07) is 13.8. The number of aliphatic imine (C=N–C) groups is 1. The zero-order valence-electron chi connectivity index (χ0n) is 15.6. The summed E-state index contributed by atoms with van der Waals surface area (Å²) in [5.74, 6) is 2.44. The SMILES string of the molecule is CCNC(=NCc1nnc2ccccn12)NCCOc1ccccc1C.I. The molecule has 1 aromatic carbocycles. The highest BCUT2D eigenvalue weighted by atomic mass is 127. The molecular formula is C19H25IN6O. The number of fused-ring (bicyclic) bond motifs is 1. The van der Waals surface area contributed by atoms with Crippen molar-refractivity contribution < 1.29 is 4.74 Å². The number of guanidine groups is 1. The Bertz CT molecular complexity index is 879. The Morgan fingerprint density at radius 2 is 1.93 bits per heavy atom. The molecule has 7 nitrogen and oxygen atoms in total. The zero-order chi connectivity index (χ0) is 18.2. The molecule has 0 saturated carbocycles. The van der Waals surface area contributed by atoms with Gasteiger partial charge >= 0.3 is 0 Å². The smallest absolute Gasteiger partial charge is 0.191 e. The molecule has 0 radical (unpaired) electrons. The number of ether oxygens (including phenoxy) is 1. The lowest BCUT2D eigenvalue weighted by molar-refractivity contribution is 0.320. The fourth-order valence-electron chi connectivity index (χ4n) is 2.54. The molecule has 8 heteroatoms. The molecule has 0 fully saturated rings. The molecule has 0 atom stereocenters. The van der Waals surface area contributed by atoms with Gasteiger partial charge < -0.3 is 15.4 Å². The fourth-order valence-corrected chi connectivity index (χ4v) is 2.54. The third kappa shape index (κ3) is 5.81. The predicted molar refractivity (Wildman–Crippen MR) is 118 cm³/mol. The molecule has 2 N–H and O–H groups in total. The number of nitrogens with zero attached hydrogens (tertiary/aromatic N) is 4. The lowest BCUT2D eigenvalue weighted by atomic mass is 10.2. The third-order valence-electron chi connectivity index (χ3n) is 3.85. The van der Waals surface area contributed by atoms with E-state index in [2.05, 4.69) is 25.8 Å². The van der Waals surface area contributed by atoms with E-state index in [4.69, 9.17) is 4.74 Å². The molecule has 0 bridgehead atoms. The van der Waals surface area contributed by atoms with Crippen molar-refractivity contribution in [2.45, 2.75) is 20.4 Å². The van der Waals surface area contributed by atoms with Crippen LogP contribution in [0.25, 0.3) is 5.65 Å². The van der Waals surface area contributed by atoms with E-state index in [-0.39, 0.29) is 24.0 Å². The molecule has 0 aliphatic heterocycles. The maximum absolute atomic E-state index is 5.80. The number of hydrogen-bond donors (Lipinski definition) is 2. The molecule has 27 heavy (non-hydrogen) atoms. The standard InChI is InChI=1S/C19H24N6O.HI/c1-3-20-19(21-11-13-26-16-9-5-4-8-15(16)2)22-14-18-24-23-17-10-6-7-12-25(17)18;/h4-10,12H,3,11,13-14H2,1-2H3,(H2,20,21,22);1H. The van der Waals surface area contributed by atoms with E-state index in [0.717, 1.165) is 35.3 Å². The van der Waals surface area contributed by atoms with Crippen LogP contribution in [0.4, 0.5) is 0 Å². The summed E-state index contributed by atoms with van der Waals surface area (Å²) in [4.78, 5) is 4.58. The predicted octanol–water partition coefficient (Wildman–Crippen LogP) is 2.79. The Kier molecular flexibility index (Phi) is 8.31. The average Bonchev–Trinajstić information content (AvgIpc) is 3.07. The molecule has 0 unspecified atom stereocenters. The van der Waals surface area contributed by atoms with Crippen molar-refractivity contribution in [3.8, 4) is 5.75 Å². The summed E-state index contributed by atoms with van der Waals surface area (Å²) in [5.41, 5.74) is 1.95. The van der Waals surface area contributed by atoms with Crippen molar-refractivity contribution in [1.82, 2.24) is 25.2 Å². The molecule has 3 rings (SSSR count). The Hall–Kier alpha value is -2.36. The third-order valence-corrected chi connectivity index (χ3v) is 3.85. The van der Waals surface area contributed by atoms with Gasteiger partial charge in [-0.2, -0.15) is 0 Å². The van der Waals surface area contributed by atoms with Crippen LogP contribution in [-0.2, 0) is 6.54 Å². The van der Waals surface area contributed by atoms with Crippen molar-refractivity contribution in [2.24, 2.45) is 4.99 Å². The summed E-state index contributed by atoms with van der Waals surface area (Å²) >= 11 is 0. The highest BCUT2D eigenvalue weighted by Crippen LogP contribution is 2.15. The van der Waals surface area contributed by atoms with Gasteiger partial charge in [0.1, 0.15) is 18.9 Å². The van der Waals surface area contributed by atoms with E-state index in [9.17, 15) is 0 Å². The van der Waals surface area contributed by atoms with Gasteiger partial charge in [0.25, 0.3) is 0 Å². The van der Waals surface area contributed by atoms with Crippen LogP contribution in [0.5, 0.6) is 5.75 Å². The highest BCUT2D eigenvalue weighted by molar-refractivity contribution is 14.0. The van der Waals surface area contributed by atoms with E-state index in [0.29, 0.717) is 19.7 Å². The van der Waals surface area contributed by atoms with Crippen LogP contribution in [0, 0.1) is 6.92 Å². The zero-order valence-corrected chi connectivity index (χ0v) is 17.9. The fraction of sp³-hybridized carbons (Fsp3) is 0.316. The van der Waals surface area contributed by atoms with Crippen LogP contribution < -0.4 is 15.4 Å². The van der Waals surface area contributed by atoms with Crippen molar-refractivity contribution in [3.05, 3.63) is 60.0 Å². The Labute approximate surface area is 176 Å². The van der Waals surface area contributed by atoms with E-state index in [1.807, 2.05) is 66.9 Å². The lowest BCUT2D eigenvalue weighted by Crippen LogP contribution is -2.39. The number of hydrogen-bond acceptors (Lipinski definition) is 4. The first-order valence-corrected chi connectivity index (χ1v) is 8.77. The van der Waals surface area contributed by atoms with Crippen LogP contribution in [0.2, 0.25) is 0 Å². The summed E-state index contributed by atoms with van der Waals surface area (Å²) in [6.07, 6.45) is 1.94. The second-order valence-corrected chi connectivity index (χ2v) is 5.78. The van der Waals surface area contributed by atoms with E-state index < -0.39 is 0 Å². The quantitative estimate of drug-likeness (QED) is 0.236. The second-order valence-electron chi connectivity index (χ2n) is 5.78. The number of halogens is 1. The highest BCUT2D eigenvalue weighted by Gasteiger charge is 2.05. The van der Waals surface area contributed by atoms with Gasteiger partial charge in [0.15, 0.2) is 17.4 Å².